The summed E-state index contributed by atoms with van der Waals surface area (Å²) in [7, 11) is 0. The minimum atomic E-state index is -0.554. The summed E-state index contributed by atoms with van der Waals surface area (Å²) in [5.41, 5.74) is 2.02. The maximum atomic E-state index is 12.6. The minimum Gasteiger partial charge on any atom is -0.490 e. The molecule has 0 saturated carbocycles. The van der Waals surface area contributed by atoms with Crippen LogP contribution in [-0.4, -0.2) is 18.6 Å². The lowest BCUT2D eigenvalue weighted by molar-refractivity contribution is -0.122. The molecule has 0 bridgehead atoms. The first-order valence-electron chi connectivity index (χ1n) is 9.25. The van der Waals surface area contributed by atoms with E-state index in [1.165, 1.54) is 5.56 Å². The van der Waals surface area contributed by atoms with Crippen molar-refractivity contribution in [2.75, 3.05) is 11.9 Å². The highest BCUT2D eigenvalue weighted by Crippen LogP contribution is 2.25. The van der Waals surface area contributed by atoms with Gasteiger partial charge in [-0.1, -0.05) is 52.5 Å². The molecule has 0 radical (unpaired) electrons. The normalized spacial score (nSPS) is 12.1. The Kier molecular flexibility index (Phi) is 7.05. The van der Waals surface area contributed by atoms with Gasteiger partial charge in [0.15, 0.2) is 6.10 Å². The molecule has 27 heavy (non-hydrogen) atoms. The van der Waals surface area contributed by atoms with E-state index < -0.39 is 6.10 Å². The van der Waals surface area contributed by atoms with Gasteiger partial charge < -0.3 is 14.8 Å². The van der Waals surface area contributed by atoms with Gasteiger partial charge in [-0.15, -0.1) is 0 Å². The second kappa shape index (κ2) is 9.26. The number of benzene rings is 2. The largest absolute Gasteiger partial charge is 0.490 e. The molecule has 2 aromatic carbocycles. The predicted octanol–water partition coefficient (Wildman–Crippen LogP) is 5.35. The summed E-state index contributed by atoms with van der Waals surface area (Å²) in [5, 5.41) is 2.89. The standard InChI is InChI=1S/C23H29NO3/c1-6-16-26-19-14-10-18(11-15-19)24-22(25)21(7-2)27-20-12-8-17(9-13-20)23(3,4)5/h6,8-15,21H,1,7,16H2,2-5H3,(H,24,25)/t21-/m0/s1. The molecule has 0 aliphatic heterocycles. The molecule has 0 spiro atoms. The molecule has 0 saturated heterocycles. The van der Waals surface area contributed by atoms with Crippen LogP contribution in [0.4, 0.5) is 5.69 Å². The second-order valence-corrected chi connectivity index (χ2v) is 7.40. The average Bonchev–Trinajstić information content (AvgIpc) is 2.65. The zero-order chi connectivity index (χ0) is 19.9. The fourth-order valence-electron chi connectivity index (χ4n) is 2.53. The van der Waals surface area contributed by atoms with Crippen molar-refractivity contribution in [1.82, 2.24) is 0 Å². The Morgan fingerprint density at radius 1 is 1.07 bits per heavy atom. The lowest BCUT2D eigenvalue weighted by atomic mass is 9.87. The van der Waals surface area contributed by atoms with E-state index in [2.05, 4.69) is 32.7 Å². The van der Waals surface area contributed by atoms with Gasteiger partial charge in [0.25, 0.3) is 5.91 Å². The third-order valence-electron chi connectivity index (χ3n) is 4.15. The van der Waals surface area contributed by atoms with E-state index in [9.17, 15) is 4.79 Å². The van der Waals surface area contributed by atoms with Crippen LogP contribution in [0.3, 0.4) is 0 Å². The summed E-state index contributed by atoms with van der Waals surface area (Å²) >= 11 is 0. The van der Waals surface area contributed by atoms with Crippen LogP contribution in [0.25, 0.3) is 0 Å². The first-order valence-corrected chi connectivity index (χ1v) is 9.25. The predicted molar refractivity (Wildman–Crippen MR) is 111 cm³/mol. The minimum absolute atomic E-state index is 0.0849. The van der Waals surface area contributed by atoms with Gasteiger partial charge in [-0.25, -0.2) is 0 Å². The lowest BCUT2D eigenvalue weighted by Crippen LogP contribution is -2.32. The fourth-order valence-corrected chi connectivity index (χ4v) is 2.53. The van der Waals surface area contributed by atoms with E-state index in [1.807, 2.05) is 43.3 Å². The number of carbonyl (C=O) groups is 1. The molecular formula is C23H29NO3. The molecule has 0 heterocycles. The van der Waals surface area contributed by atoms with Crippen molar-refractivity contribution in [2.45, 2.75) is 45.6 Å². The Labute approximate surface area is 162 Å². The van der Waals surface area contributed by atoms with Gasteiger partial charge in [0, 0.05) is 5.69 Å². The molecule has 0 aliphatic rings. The number of hydrogen-bond donors (Lipinski definition) is 1. The molecule has 1 atom stereocenters. The van der Waals surface area contributed by atoms with Gasteiger partial charge in [-0.05, 0) is 53.8 Å². The Morgan fingerprint density at radius 3 is 2.19 bits per heavy atom. The molecular weight excluding hydrogens is 338 g/mol. The van der Waals surface area contributed by atoms with Crippen LogP contribution in [-0.2, 0) is 10.2 Å². The van der Waals surface area contributed by atoms with E-state index in [0.29, 0.717) is 24.5 Å². The second-order valence-electron chi connectivity index (χ2n) is 7.40. The van der Waals surface area contributed by atoms with Crippen molar-refractivity contribution in [3.05, 3.63) is 66.7 Å². The summed E-state index contributed by atoms with van der Waals surface area (Å²) in [4.78, 5) is 12.6. The van der Waals surface area contributed by atoms with E-state index in [1.54, 1.807) is 18.2 Å². The molecule has 2 rings (SSSR count). The van der Waals surface area contributed by atoms with Gasteiger partial charge in [0.1, 0.15) is 18.1 Å². The summed E-state index contributed by atoms with van der Waals surface area (Å²) in [6.45, 7) is 12.5. The molecule has 4 heteroatoms. The Morgan fingerprint density at radius 2 is 1.67 bits per heavy atom. The monoisotopic (exact) mass is 367 g/mol. The van der Waals surface area contributed by atoms with Crippen LogP contribution < -0.4 is 14.8 Å². The van der Waals surface area contributed by atoms with E-state index in [-0.39, 0.29) is 11.3 Å². The van der Waals surface area contributed by atoms with Gasteiger partial charge >= 0.3 is 0 Å². The molecule has 144 valence electrons. The maximum Gasteiger partial charge on any atom is 0.265 e. The van der Waals surface area contributed by atoms with Crippen molar-refractivity contribution < 1.29 is 14.3 Å². The Bertz CT molecular complexity index is 743. The van der Waals surface area contributed by atoms with Crippen LogP contribution in [0.1, 0.15) is 39.7 Å². The van der Waals surface area contributed by atoms with Gasteiger partial charge in [0.05, 0.1) is 0 Å². The molecule has 0 aromatic heterocycles. The van der Waals surface area contributed by atoms with Crippen LogP contribution in [0, 0.1) is 0 Å². The van der Waals surface area contributed by atoms with Crippen LogP contribution in [0.5, 0.6) is 11.5 Å². The number of nitrogens with one attached hydrogen (secondary N) is 1. The topological polar surface area (TPSA) is 47.6 Å². The molecule has 1 amide bonds. The lowest BCUT2D eigenvalue weighted by Gasteiger charge is -2.21. The highest BCUT2D eigenvalue weighted by atomic mass is 16.5. The summed E-state index contributed by atoms with van der Waals surface area (Å²) < 4.78 is 11.3. The van der Waals surface area contributed by atoms with Crippen molar-refractivity contribution in [3.63, 3.8) is 0 Å². The van der Waals surface area contributed by atoms with Gasteiger partial charge in [0.2, 0.25) is 0 Å². The zero-order valence-corrected chi connectivity index (χ0v) is 16.6. The number of carbonyl (C=O) groups excluding carboxylic acids is 1. The third kappa shape index (κ3) is 6.17. The van der Waals surface area contributed by atoms with Gasteiger partial charge in [-0.2, -0.15) is 0 Å². The first-order chi connectivity index (χ1) is 12.8. The van der Waals surface area contributed by atoms with Gasteiger partial charge in [-0.3, -0.25) is 4.79 Å². The number of hydrogen-bond acceptors (Lipinski definition) is 3. The number of anilines is 1. The van der Waals surface area contributed by atoms with E-state index in [4.69, 9.17) is 9.47 Å². The Hall–Kier alpha value is -2.75. The van der Waals surface area contributed by atoms with E-state index in [0.717, 1.165) is 5.75 Å². The van der Waals surface area contributed by atoms with Crippen LogP contribution >= 0.6 is 0 Å². The highest BCUT2D eigenvalue weighted by molar-refractivity contribution is 5.94. The Balaban J connectivity index is 1.98. The number of amides is 1. The van der Waals surface area contributed by atoms with Crippen molar-refractivity contribution in [1.29, 1.82) is 0 Å². The van der Waals surface area contributed by atoms with E-state index >= 15 is 0 Å². The maximum absolute atomic E-state index is 12.6. The smallest absolute Gasteiger partial charge is 0.265 e. The molecule has 0 fully saturated rings. The average molecular weight is 367 g/mol. The molecule has 2 aromatic rings. The third-order valence-corrected chi connectivity index (χ3v) is 4.15. The summed E-state index contributed by atoms with van der Waals surface area (Å²) in [5.74, 6) is 1.26. The molecule has 0 unspecified atom stereocenters. The van der Waals surface area contributed by atoms with Crippen molar-refractivity contribution >= 4 is 11.6 Å². The highest BCUT2D eigenvalue weighted by Gasteiger charge is 2.19. The van der Waals surface area contributed by atoms with Crippen molar-refractivity contribution in [2.24, 2.45) is 0 Å². The first kappa shape index (κ1) is 20.6. The molecule has 0 aliphatic carbocycles. The zero-order valence-electron chi connectivity index (χ0n) is 16.6. The summed E-state index contributed by atoms with van der Waals surface area (Å²) in [6.07, 6.45) is 1.71. The quantitative estimate of drug-likeness (QED) is 0.640. The SMILES string of the molecule is C=CCOc1ccc(NC(=O)[C@H](CC)Oc2ccc(C(C)(C)C)cc2)cc1. The number of ether oxygens (including phenoxy) is 2. The fraction of sp³-hybridized carbons (Fsp3) is 0.348. The summed E-state index contributed by atoms with van der Waals surface area (Å²) in [6, 6.07) is 15.2. The van der Waals surface area contributed by atoms with Crippen molar-refractivity contribution in [3.8, 4) is 11.5 Å². The molecule has 1 N–H and O–H groups in total. The van der Waals surface area contributed by atoms with Crippen LogP contribution in [0.15, 0.2) is 61.2 Å². The van der Waals surface area contributed by atoms with Crippen LogP contribution in [0.2, 0.25) is 0 Å². The number of rotatable bonds is 8. The molecule has 4 nitrogen and oxygen atoms in total.